The van der Waals surface area contributed by atoms with E-state index >= 15 is 0 Å². The number of ether oxygens (including phenoxy) is 2. The summed E-state index contributed by atoms with van der Waals surface area (Å²) in [6, 6.07) is 10.6. The Kier molecular flexibility index (Phi) is 6.45. The molecule has 0 fully saturated rings. The van der Waals surface area contributed by atoms with Gasteiger partial charge in [-0.05, 0) is 67.6 Å². The van der Waals surface area contributed by atoms with Crippen LogP contribution in [0.4, 0.5) is 5.69 Å². The number of carbonyl (C=O) groups excluding carboxylic acids is 2. The smallest absolute Gasteiger partial charge is 0.344 e. The molecule has 8 heteroatoms. The number of ketones is 1. The highest BCUT2D eigenvalue weighted by Crippen LogP contribution is 2.30. The Bertz CT molecular complexity index is 1080. The fourth-order valence-electron chi connectivity index (χ4n) is 3.35. The predicted molar refractivity (Wildman–Crippen MR) is 114 cm³/mol. The summed E-state index contributed by atoms with van der Waals surface area (Å²) < 4.78 is 35.8. The molecule has 1 aliphatic rings. The highest BCUT2D eigenvalue weighted by Gasteiger charge is 2.24. The summed E-state index contributed by atoms with van der Waals surface area (Å²) in [5.74, 6) is -0.386. The average Bonchev–Trinajstić information content (AvgIpc) is 2.71. The maximum atomic E-state index is 12.4. The van der Waals surface area contributed by atoms with Gasteiger partial charge < -0.3 is 9.47 Å². The van der Waals surface area contributed by atoms with Gasteiger partial charge in [-0.3, -0.25) is 9.10 Å². The molecule has 0 N–H and O–H groups in total. The molecule has 160 valence electrons. The van der Waals surface area contributed by atoms with Crippen molar-refractivity contribution in [3.63, 3.8) is 0 Å². The quantitative estimate of drug-likeness (QED) is 0.495. The average molecular weight is 432 g/mol. The third kappa shape index (κ3) is 5.18. The molecular formula is C22H25NO6S. The van der Waals surface area contributed by atoms with Crippen molar-refractivity contribution in [2.75, 3.05) is 30.3 Å². The van der Waals surface area contributed by atoms with E-state index in [9.17, 15) is 18.0 Å². The van der Waals surface area contributed by atoms with Crippen LogP contribution in [-0.2, 0) is 26.0 Å². The molecule has 1 aliphatic heterocycles. The summed E-state index contributed by atoms with van der Waals surface area (Å²) in [7, 11) is -3.36. The summed E-state index contributed by atoms with van der Waals surface area (Å²) >= 11 is 0. The lowest BCUT2D eigenvalue weighted by Crippen LogP contribution is -2.34. The van der Waals surface area contributed by atoms with Crippen LogP contribution in [0.2, 0.25) is 0 Å². The van der Waals surface area contributed by atoms with Crippen molar-refractivity contribution in [1.82, 2.24) is 0 Å². The lowest BCUT2D eigenvalue weighted by atomic mass is 9.99. The Hall–Kier alpha value is -2.87. The molecule has 7 nitrogen and oxygen atoms in total. The van der Waals surface area contributed by atoms with Crippen LogP contribution in [0.3, 0.4) is 0 Å². The zero-order chi connectivity index (χ0) is 21.9. The summed E-state index contributed by atoms with van der Waals surface area (Å²) in [6.45, 7) is 3.55. The van der Waals surface area contributed by atoms with Gasteiger partial charge in [0, 0.05) is 12.1 Å². The van der Waals surface area contributed by atoms with E-state index in [0.29, 0.717) is 36.4 Å². The normalized spacial score (nSPS) is 13.5. The number of rotatable bonds is 7. The van der Waals surface area contributed by atoms with Crippen LogP contribution < -0.4 is 9.04 Å². The molecule has 0 atom stereocenters. The Labute approximate surface area is 176 Å². The van der Waals surface area contributed by atoms with Crippen LogP contribution in [0.25, 0.3) is 0 Å². The minimum absolute atomic E-state index is 0.287. The summed E-state index contributed by atoms with van der Waals surface area (Å²) in [6.07, 6.45) is 2.54. The number of hydrogen-bond acceptors (Lipinski definition) is 6. The number of carbonyl (C=O) groups is 2. The minimum atomic E-state index is -3.36. The van der Waals surface area contributed by atoms with E-state index in [-0.39, 0.29) is 12.4 Å². The van der Waals surface area contributed by atoms with Crippen LogP contribution in [-0.4, -0.2) is 46.2 Å². The molecule has 2 aromatic carbocycles. The van der Waals surface area contributed by atoms with Crippen LogP contribution >= 0.6 is 0 Å². The molecule has 0 unspecified atom stereocenters. The molecule has 3 rings (SSSR count). The molecule has 1 heterocycles. The van der Waals surface area contributed by atoms with E-state index in [1.807, 2.05) is 32.0 Å². The molecule has 0 aromatic heterocycles. The number of Topliss-reactive ketones (excluding diaryl/α,β-unsaturated/α-hetero) is 1. The molecule has 0 bridgehead atoms. The first-order valence-corrected chi connectivity index (χ1v) is 11.5. The van der Waals surface area contributed by atoms with Crippen LogP contribution in [0.1, 0.15) is 33.5 Å². The van der Waals surface area contributed by atoms with Crippen molar-refractivity contribution in [2.24, 2.45) is 0 Å². The van der Waals surface area contributed by atoms with Gasteiger partial charge in [-0.1, -0.05) is 12.1 Å². The predicted octanol–water partition coefficient (Wildman–Crippen LogP) is 2.82. The molecule has 0 aliphatic carbocycles. The molecule has 0 amide bonds. The zero-order valence-electron chi connectivity index (χ0n) is 17.3. The standard InChI is InChI=1S/C22H25NO6S/c1-15-6-7-16(2)21(11-15)28-14-22(25)29-13-20(24)18-8-9-19-17(12-18)5-4-10-23(19)30(3,26)27/h6-9,11-12H,4-5,10,13-14H2,1-3H3. The second-order valence-corrected chi connectivity index (χ2v) is 9.33. The SMILES string of the molecule is Cc1ccc(C)c(OCC(=O)OCC(=O)c2ccc3c(c2)CCCN3S(C)(=O)=O)c1. The molecule has 0 radical (unpaired) electrons. The van der Waals surface area contributed by atoms with Crippen molar-refractivity contribution in [1.29, 1.82) is 0 Å². The van der Waals surface area contributed by atoms with Gasteiger partial charge in [0.1, 0.15) is 5.75 Å². The van der Waals surface area contributed by atoms with E-state index in [1.54, 1.807) is 18.2 Å². The molecule has 0 saturated carbocycles. The van der Waals surface area contributed by atoms with Crippen molar-refractivity contribution in [3.05, 3.63) is 58.7 Å². The number of aryl methyl sites for hydroxylation is 3. The number of benzene rings is 2. The van der Waals surface area contributed by atoms with Crippen LogP contribution in [0.5, 0.6) is 5.75 Å². The first-order chi connectivity index (χ1) is 14.1. The van der Waals surface area contributed by atoms with Gasteiger partial charge in [-0.2, -0.15) is 0 Å². The first kappa shape index (κ1) is 21.8. The zero-order valence-corrected chi connectivity index (χ0v) is 18.1. The Balaban J connectivity index is 1.58. The van der Waals surface area contributed by atoms with Gasteiger partial charge in [0.25, 0.3) is 0 Å². The van der Waals surface area contributed by atoms with E-state index in [2.05, 4.69) is 0 Å². The van der Waals surface area contributed by atoms with E-state index < -0.39 is 22.6 Å². The number of fused-ring (bicyclic) bond motifs is 1. The lowest BCUT2D eigenvalue weighted by Gasteiger charge is -2.29. The maximum Gasteiger partial charge on any atom is 0.344 e. The fourth-order valence-corrected chi connectivity index (χ4v) is 4.35. The number of sulfonamides is 1. The van der Waals surface area contributed by atoms with E-state index in [0.717, 1.165) is 16.7 Å². The molecule has 2 aromatic rings. The van der Waals surface area contributed by atoms with Crippen molar-refractivity contribution >= 4 is 27.5 Å². The summed E-state index contributed by atoms with van der Waals surface area (Å²) in [5.41, 5.74) is 3.69. The Morgan fingerprint density at radius 1 is 1.07 bits per heavy atom. The third-order valence-electron chi connectivity index (χ3n) is 4.93. The lowest BCUT2D eigenvalue weighted by molar-refractivity contribution is -0.144. The van der Waals surface area contributed by atoms with Gasteiger partial charge in [-0.25, -0.2) is 13.2 Å². The molecular weight excluding hydrogens is 406 g/mol. The van der Waals surface area contributed by atoms with E-state index in [4.69, 9.17) is 9.47 Å². The molecule has 0 saturated heterocycles. The first-order valence-electron chi connectivity index (χ1n) is 9.64. The van der Waals surface area contributed by atoms with Gasteiger partial charge in [0.15, 0.2) is 19.0 Å². The monoisotopic (exact) mass is 431 g/mol. The van der Waals surface area contributed by atoms with Gasteiger partial charge in [0.05, 0.1) is 11.9 Å². The Morgan fingerprint density at radius 3 is 2.57 bits per heavy atom. The minimum Gasteiger partial charge on any atom is -0.482 e. The van der Waals surface area contributed by atoms with Crippen molar-refractivity contribution in [3.8, 4) is 5.75 Å². The van der Waals surface area contributed by atoms with Crippen LogP contribution in [0, 0.1) is 13.8 Å². The number of hydrogen-bond donors (Lipinski definition) is 0. The summed E-state index contributed by atoms with van der Waals surface area (Å²) in [5, 5.41) is 0. The fraction of sp³-hybridized carbons (Fsp3) is 0.364. The Morgan fingerprint density at radius 2 is 1.83 bits per heavy atom. The third-order valence-corrected chi connectivity index (χ3v) is 6.11. The molecule has 30 heavy (non-hydrogen) atoms. The second kappa shape index (κ2) is 8.87. The van der Waals surface area contributed by atoms with E-state index in [1.165, 1.54) is 10.6 Å². The summed E-state index contributed by atoms with van der Waals surface area (Å²) in [4.78, 5) is 24.4. The highest BCUT2D eigenvalue weighted by molar-refractivity contribution is 7.92. The number of anilines is 1. The van der Waals surface area contributed by atoms with Crippen molar-refractivity contribution in [2.45, 2.75) is 26.7 Å². The topological polar surface area (TPSA) is 90.0 Å². The van der Waals surface area contributed by atoms with Crippen LogP contribution in [0.15, 0.2) is 36.4 Å². The van der Waals surface area contributed by atoms with Gasteiger partial charge >= 0.3 is 5.97 Å². The number of nitrogens with zero attached hydrogens (tertiary/aromatic N) is 1. The number of esters is 1. The second-order valence-electron chi connectivity index (χ2n) is 7.42. The van der Waals surface area contributed by atoms with Gasteiger partial charge in [0.2, 0.25) is 10.0 Å². The maximum absolute atomic E-state index is 12.4. The molecule has 0 spiro atoms. The van der Waals surface area contributed by atoms with Crippen molar-refractivity contribution < 1.29 is 27.5 Å². The highest BCUT2D eigenvalue weighted by atomic mass is 32.2. The largest absolute Gasteiger partial charge is 0.482 e. The van der Waals surface area contributed by atoms with Gasteiger partial charge in [-0.15, -0.1) is 0 Å².